The van der Waals surface area contributed by atoms with Gasteiger partial charge in [-0.25, -0.2) is 0 Å². The summed E-state index contributed by atoms with van der Waals surface area (Å²) in [5, 5.41) is 0. The second-order valence-electron chi connectivity index (χ2n) is 3.81. The van der Waals surface area contributed by atoms with E-state index in [2.05, 4.69) is 25.3 Å². The Hall–Kier alpha value is 0.700. The van der Waals surface area contributed by atoms with Gasteiger partial charge in [0.25, 0.3) is 0 Å². The first-order chi connectivity index (χ1) is 7.33. The number of hydrogen-bond acceptors (Lipinski definition) is 2. The van der Waals surface area contributed by atoms with Crippen molar-refractivity contribution in [2.45, 2.75) is 71.6 Å². The fourth-order valence-electron chi connectivity index (χ4n) is 0. The Kier molecular flexibility index (Phi) is 24.3. The Labute approximate surface area is 108 Å². The van der Waals surface area contributed by atoms with Crippen molar-refractivity contribution in [3.8, 4) is 0 Å². The van der Waals surface area contributed by atoms with Crippen LogP contribution in [0.15, 0.2) is 0 Å². The summed E-state index contributed by atoms with van der Waals surface area (Å²) in [4.78, 5) is 0. The molecule has 3 saturated carbocycles. The molecule has 0 unspecified atom stereocenters. The fourth-order valence-corrected chi connectivity index (χ4v) is 0. The average Bonchev–Trinajstić information content (AvgIpc) is 3.13. The zero-order valence-electron chi connectivity index (χ0n) is 10.7. The molecule has 0 bridgehead atoms. The second-order valence-corrected chi connectivity index (χ2v) is 5.08. The first-order valence-electron chi connectivity index (χ1n) is 6.55. The van der Waals surface area contributed by atoms with Gasteiger partial charge in [0.05, 0.1) is 0 Å². The molecule has 0 nitrogen and oxygen atoms in total. The van der Waals surface area contributed by atoms with Crippen molar-refractivity contribution in [1.29, 1.82) is 0 Å². The van der Waals surface area contributed by atoms with E-state index in [1.165, 1.54) is 57.8 Å². The van der Waals surface area contributed by atoms with E-state index in [0.717, 1.165) is 11.5 Å². The summed E-state index contributed by atoms with van der Waals surface area (Å²) >= 11 is 7.58. The van der Waals surface area contributed by atoms with Crippen LogP contribution in [0.4, 0.5) is 0 Å². The Morgan fingerprint density at radius 3 is 0.600 bits per heavy atom. The largest absolute Gasteiger partial charge is 0.180 e. The van der Waals surface area contributed by atoms with Crippen LogP contribution in [0.1, 0.15) is 71.6 Å². The summed E-state index contributed by atoms with van der Waals surface area (Å²) in [5.74, 6) is 1.89. The lowest BCUT2D eigenvalue weighted by molar-refractivity contribution is 1.50. The third-order valence-electron chi connectivity index (χ3n) is 1.06. The van der Waals surface area contributed by atoms with Gasteiger partial charge in [-0.15, -0.1) is 0 Å². The van der Waals surface area contributed by atoms with Gasteiger partial charge in [-0.05, 0) is 11.5 Å². The molecule has 94 valence electrons. The van der Waals surface area contributed by atoms with E-state index < -0.39 is 0 Å². The van der Waals surface area contributed by atoms with Gasteiger partial charge >= 0.3 is 0 Å². The highest BCUT2D eigenvalue weighted by Gasteiger charge is 1.95. The van der Waals surface area contributed by atoms with Gasteiger partial charge in [-0.1, -0.05) is 71.6 Å². The van der Waals surface area contributed by atoms with Crippen LogP contribution in [0.2, 0.25) is 0 Å². The van der Waals surface area contributed by atoms with Crippen LogP contribution in [0.3, 0.4) is 0 Å². The summed E-state index contributed by atoms with van der Waals surface area (Å²) in [5.41, 5.74) is 0. The highest BCUT2D eigenvalue weighted by Crippen LogP contribution is 2.15. The van der Waals surface area contributed by atoms with E-state index in [0.29, 0.717) is 0 Å². The smallest absolute Gasteiger partial charge is 0.0126 e. The van der Waals surface area contributed by atoms with E-state index in [-0.39, 0.29) is 0 Å². The highest BCUT2D eigenvalue weighted by atomic mass is 32.1. The SMILES string of the molecule is C1CC1.C1CC1.C1CC1.CCS.CCS. The molecule has 0 aromatic rings. The minimum absolute atomic E-state index is 0.944. The quantitative estimate of drug-likeness (QED) is 0.530. The van der Waals surface area contributed by atoms with Crippen molar-refractivity contribution in [1.82, 2.24) is 0 Å². The van der Waals surface area contributed by atoms with Crippen LogP contribution in [0.5, 0.6) is 0 Å². The Bertz CT molecular complexity index is 54.1. The maximum absolute atomic E-state index is 3.79. The maximum Gasteiger partial charge on any atom is -0.0126 e. The predicted octanol–water partition coefficient (Wildman–Crippen LogP) is 5.38. The minimum Gasteiger partial charge on any atom is -0.180 e. The zero-order chi connectivity index (χ0) is 11.8. The lowest BCUT2D eigenvalue weighted by Gasteiger charge is -1.48. The van der Waals surface area contributed by atoms with E-state index in [1.54, 1.807) is 0 Å². The summed E-state index contributed by atoms with van der Waals surface area (Å²) in [6.07, 6.45) is 13.5. The monoisotopic (exact) mass is 250 g/mol. The van der Waals surface area contributed by atoms with Crippen molar-refractivity contribution in [3.05, 3.63) is 0 Å². The van der Waals surface area contributed by atoms with E-state index in [1.807, 2.05) is 13.8 Å². The van der Waals surface area contributed by atoms with Crippen LogP contribution >= 0.6 is 25.3 Å². The molecule has 3 aliphatic carbocycles. The normalized spacial score (nSPS) is 16.8. The third kappa shape index (κ3) is 173. The van der Waals surface area contributed by atoms with Gasteiger partial charge in [0, 0.05) is 0 Å². The maximum atomic E-state index is 3.79. The minimum atomic E-state index is 0.944. The molecule has 0 saturated heterocycles. The van der Waals surface area contributed by atoms with Crippen molar-refractivity contribution in [2.24, 2.45) is 0 Å². The lowest BCUT2D eigenvalue weighted by atomic mass is 11.0. The molecule has 2 heteroatoms. The molecule has 0 radical (unpaired) electrons. The van der Waals surface area contributed by atoms with Crippen LogP contribution < -0.4 is 0 Å². The first-order valence-corrected chi connectivity index (χ1v) is 7.81. The van der Waals surface area contributed by atoms with E-state index in [4.69, 9.17) is 0 Å². The van der Waals surface area contributed by atoms with Crippen molar-refractivity contribution < 1.29 is 0 Å². The molecular weight excluding hydrogens is 220 g/mol. The molecule has 0 aromatic carbocycles. The number of hydrogen-bond donors (Lipinski definition) is 2. The first kappa shape index (κ1) is 18.1. The van der Waals surface area contributed by atoms with Crippen LogP contribution in [-0.4, -0.2) is 11.5 Å². The number of rotatable bonds is 0. The second kappa shape index (κ2) is 20.2. The van der Waals surface area contributed by atoms with Gasteiger partial charge < -0.3 is 0 Å². The molecule has 0 heterocycles. The zero-order valence-corrected chi connectivity index (χ0v) is 12.5. The molecule has 0 N–H and O–H groups in total. The van der Waals surface area contributed by atoms with Crippen LogP contribution in [0, 0.1) is 0 Å². The molecule has 0 aromatic heterocycles. The van der Waals surface area contributed by atoms with Gasteiger partial charge in [0.1, 0.15) is 0 Å². The molecule has 3 fully saturated rings. The standard InChI is InChI=1S/3C3H6.2C2H6S/c3*1-2-3-1;2*1-2-3/h3*1-3H2;2*3H,2H2,1H3. The Morgan fingerprint density at radius 2 is 0.600 bits per heavy atom. The molecule has 3 rings (SSSR count). The topological polar surface area (TPSA) is 0 Å². The van der Waals surface area contributed by atoms with Crippen molar-refractivity contribution in [2.75, 3.05) is 11.5 Å². The summed E-state index contributed by atoms with van der Waals surface area (Å²) < 4.78 is 0. The van der Waals surface area contributed by atoms with Gasteiger partial charge in [0.2, 0.25) is 0 Å². The molecule has 0 amide bonds. The Morgan fingerprint density at radius 1 is 0.533 bits per heavy atom. The molecule has 0 spiro atoms. The molecule has 0 aliphatic heterocycles. The van der Waals surface area contributed by atoms with E-state index >= 15 is 0 Å². The van der Waals surface area contributed by atoms with E-state index in [9.17, 15) is 0 Å². The third-order valence-corrected chi connectivity index (χ3v) is 1.06. The molecule has 0 atom stereocenters. The van der Waals surface area contributed by atoms with Gasteiger partial charge in [-0.3, -0.25) is 0 Å². The summed E-state index contributed by atoms with van der Waals surface area (Å²) in [6.45, 7) is 3.98. The highest BCUT2D eigenvalue weighted by molar-refractivity contribution is 7.80. The lowest BCUT2D eigenvalue weighted by Crippen LogP contribution is -1.36. The van der Waals surface area contributed by atoms with Crippen molar-refractivity contribution >= 4 is 25.3 Å². The molecule has 15 heavy (non-hydrogen) atoms. The van der Waals surface area contributed by atoms with Gasteiger partial charge in [0.15, 0.2) is 0 Å². The van der Waals surface area contributed by atoms with Gasteiger partial charge in [-0.2, -0.15) is 25.3 Å². The molecular formula is C13H30S2. The fraction of sp³-hybridized carbons (Fsp3) is 1.00. The summed E-state index contributed by atoms with van der Waals surface area (Å²) in [6, 6.07) is 0. The van der Waals surface area contributed by atoms with Crippen molar-refractivity contribution in [3.63, 3.8) is 0 Å². The summed E-state index contributed by atoms with van der Waals surface area (Å²) in [7, 11) is 0. The Balaban J connectivity index is 0. The average molecular weight is 251 g/mol. The predicted molar refractivity (Wildman–Crippen MR) is 80.6 cm³/mol. The van der Waals surface area contributed by atoms with Crippen LogP contribution in [0.25, 0.3) is 0 Å². The number of thiol groups is 2. The molecule has 3 aliphatic rings. The van der Waals surface area contributed by atoms with Crippen LogP contribution in [-0.2, 0) is 0 Å².